The van der Waals surface area contributed by atoms with E-state index in [9.17, 15) is 9.59 Å². The van der Waals surface area contributed by atoms with E-state index in [1.165, 1.54) is 37.0 Å². The molecule has 1 aromatic rings. The van der Waals surface area contributed by atoms with Crippen molar-refractivity contribution in [2.45, 2.75) is 89.0 Å². The van der Waals surface area contributed by atoms with Gasteiger partial charge in [0.15, 0.2) is 5.96 Å². The van der Waals surface area contributed by atoms with Gasteiger partial charge in [-0.25, -0.2) is 0 Å². The summed E-state index contributed by atoms with van der Waals surface area (Å²) in [6.45, 7) is 0. The third-order valence-corrected chi connectivity index (χ3v) is 8.17. The van der Waals surface area contributed by atoms with Crippen LogP contribution >= 0.6 is 0 Å². The third kappa shape index (κ3) is 5.96. The smallest absolute Gasteiger partial charge is 0.254 e. The maximum Gasteiger partial charge on any atom is 0.254 e. The fraction of sp³-hybridized carbons (Fsp3) is 0.667. The summed E-state index contributed by atoms with van der Waals surface area (Å²) >= 11 is 0. The summed E-state index contributed by atoms with van der Waals surface area (Å²) in [4.78, 5) is 27.4. The number of carbonyl (C=O) groups excluding carboxylic acids is 2. The van der Waals surface area contributed by atoms with E-state index in [1.54, 1.807) is 7.05 Å². The molecule has 3 N–H and O–H groups in total. The van der Waals surface area contributed by atoms with E-state index in [4.69, 9.17) is 5.41 Å². The second kappa shape index (κ2) is 10.7. The van der Waals surface area contributed by atoms with Gasteiger partial charge < -0.3 is 10.6 Å². The number of rotatable bonds is 8. The van der Waals surface area contributed by atoms with Crippen LogP contribution in [0.5, 0.6) is 0 Å². The van der Waals surface area contributed by atoms with Crippen molar-refractivity contribution in [2.75, 3.05) is 12.4 Å². The number of carbonyl (C=O) groups is 2. The zero-order valence-corrected chi connectivity index (χ0v) is 20.1. The molecule has 180 valence electrons. The summed E-state index contributed by atoms with van der Waals surface area (Å²) in [6, 6.07) is 9.64. The molecule has 6 heteroatoms. The molecule has 2 saturated carbocycles. The number of likely N-dealkylation sites (N-methyl/N-ethyl adjacent to an activating group) is 1. The van der Waals surface area contributed by atoms with Crippen LogP contribution in [-0.2, 0) is 9.59 Å². The molecule has 1 saturated heterocycles. The van der Waals surface area contributed by atoms with Crippen LogP contribution in [0.15, 0.2) is 30.3 Å². The monoisotopic (exact) mass is 452 g/mol. The molecule has 0 spiro atoms. The highest BCUT2D eigenvalue weighted by Gasteiger charge is 2.49. The summed E-state index contributed by atoms with van der Waals surface area (Å²) < 4.78 is 0. The molecule has 1 heterocycles. The van der Waals surface area contributed by atoms with E-state index in [1.807, 2.05) is 30.3 Å². The lowest BCUT2D eigenvalue weighted by molar-refractivity contribution is -0.131. The Morgan fingerprint density at radius 3 is 2.45 bits per heavy atom. The van der Waals surface area contributed by atoms with Gasteiger partial charge in [0, 0.05) is 19.2 Å². The molecule has 0 radical (unpaired) electrons. The van der Waals surface area contributed by atoms with Gasteiger partial charge in [-0.2, -0.15) is 0 Å². The lowest BCUT2D eigenvalue weighted by Gasteiger charge is -2.36. The first-order valence-corrected chi connectivity index (χ1v) is 12.9. The quantitative estimate of drug-likeness (QED) is 0.500. The molecule has 0 bridgehead atoms. The van der Waals surface area contributed by atoms with Gasteiger partial charge in [0.1, 0.15) is 5.54 Å². The first-order valence-electron chi connectivity index (χ1n) is 12.9. The van der Waals surface area contributed by atoms with Gasteiger partial charge in [-0.15, -0.1) is 0 Å². The Bertz CT molecular complexity index is 836. The molecule has 3 atom stereocenters. The number of benzene rings is 1. The number of para-hydroxylation sites is 1. The Morgan fingerprint density at radius 2 is 1.76 bits per heavy atom. The summed E-state index contributed by atoms with van der Waals surface area (Å²) in [7, 11) is 1.72. The molecule has 2 aliphatic carbocycles. The first kappa shape index (κ1) is 23.8. The predicted octanol–water partition coefficient (Wildman–Crippen LogP) is 5.31. The number of hydrogen-bond acceptors (Lipinski definition) is 3. The molecule has 3 aliphatic rings. The van der Waals surface area contributed by atoms with E-state index in [0.29, 0.717) is 24.2 Å². The Hall–Kier alpha value is -2.37. The average molecular weight is 453 g/mol. The van der Waals surface area contributed by atoms with Crippen LogP contribution in [0.2, 0.25) is 0 Å². The van der Waals surface area contributed by atoms with Crippen molar-refractivity contribution in [1.29, 1.82) is 5.41 Å². The van der Waals surface area contributed by atoms with E-state index in [0.717, 1.165) is 50.6 Å². The van der Waals surface area contributed by atoms with Crippen molar-refractivity contribution in [3.8, 4) is 0 Å². The minimum atomic E-state index is -0.637. The molecule has 1 aromatic carbocycles. The number of hydrogen-bond donors (Lipinski definition) is 3. The fourth-order valence-electron chi connectivity index (χ4n) is 6.38. The first-order chi connectivity index (χ1) is 15.9. The van der Waals surface area contributed by atoms with Crippen molar-refractivity contribution in [2.24, 2.45) is 17.8 Å². The van der Waals surface area contributed by atoms with Gasteiger partial charge in [0.25, 0.3) is 5.91 Å². The number of nitrogens with one attached hydrogen (secondary N) is 3. The molecule has 33 heavy (non-hydrogen) atoms. The number of nitrogens with zero attached hydrogens (tertiary/aromatic N) is 1. The molecule has 0 unspecified atom stereocenters. The van der Waals surface area contributed by atoms with Gasteiger partial charge in [0.05, 0.1) is 0 Å². The van der Waals surface area contributed by atoms with Gasteiger partial charge in [0.2, 0.25) is 5.91 Å². The highest BCUT2D eigenvalue weighted by molar-refractivity contribution is 6.07. The average Bonchev–Trinajstić information content (AvgIpc) is 3.03. The maximum absolute atomic E-state index is 13.3. The SMILES string of the molecule is CN1C(=N)N[C@](CCC2CCCCC2)(C[C@H]2CCC[C@H](CC(=O)Nc3ccccc3)C2)C1=O. The van der Waals surface area contributed by atoms with Gasteiger partial charge in [-0.3, -0.25) is 19.9 Å². The van der Waals surface area contributed by atoms with Gasteiger partial charge in [-0.1, -0.05) is 63.1 Å². The molecule has 4 rings (SSSR count). The van der Waals surface area contributed by atoms with Crippen LogP contribution in [0.3, 0.4) is 0 Å². The Labute approximate surface area is 198 Å². The number of guanidine groups is 1. The zero-order chi connectivity index (χ0) is 23.3. The second-order valence-corrected chi connectivity index (χ2v) is 10.7. The predicted molar refractivity (Wildman–Crippen MR) is 132 cm³/mol. The van der Waals surface area contributed by atoms with Crippen LogP contribution in [0.25, 0.3) is 0 Å². The molecule has 6 nitrogen and oxygen atoms in total. The summed E-state index contributed by atoms with van der Waals surface area (Å²) in [6.07, 6.45) is 14.0. The Kier molecular flexibility index (Phi) is 7.71. The van der Waals surface area contributed by atoms with E-state index in [2.05, 4.69) is 10.6 Å². The summed E-state index contributed by atoms with van der Waals surface area (Å²) in [5.74, 6) is 1.86. The van der Waals surface area contributed by atoms with Crippen molar-refractivity contribution in [1.82, 2.24) is 10.2 Å². The normalized spacial score (nSPS) is 28.6. The maximum atomic E-state index is 13.3. The molecular weight excluding hydrogens is 412 g/mol. The van der Waals surface area contributed by atoms with Crippen LogP contribution in [0, 0.1) is 23.2 Å². The highest BCUT2D eigenvalue weighted by atomic mass is 16.2. The topological polar surface area (TPSA) is 85.3 Å². The van der Waals surface area contributed by atoms with Crippen LogP contribution < -0.4 is 10.6 Å². The van der Waals surface area contributed by atoms with Crippen molar-refractivity contribution < 1.29 is 9.59 Å². The second-order valence-electron chi connectivity index (χ2n) is 10.7. The van der Waals surface area contributed by atoms with E-state index in [-0.39, 0.29) is 17.8 Å². The van der Waals surface area contributed by atoms with E-state index >= 15 is 0 Å². The molecule has 3 fully saturated rings. The summed E-state index contributed by atoms with van der Waals surface area (Å²) in [5, 5.41) is 14.6. The van der Waals surface area contributed by atoms with Crippen LogP contribution in [0.4, 0.5) is 5.69 Å². The van der Waals surface area contributed by atoms with Gasteiger partial charge in [-0.05, 0) is 62.0 Å². The molecule has 2 amide bonds. The van der Waals surface area contributed by atoms with Crippen LogP contribution in [-0.4, -0.2) is 35.3 Å². The lowest BCUT2D eigenvalue weighted by atomic mass is 9.72. The third-order valence-electron chi connectivity index (χ3n) is 8.17. The standard InChI is InChI=1S/C27H40N4O2/c1-31-25(33)27(30-26(31)28,16-15-20-9-4-2-5-10-20)19-22-12-8-11-21(17-22)18-24(32)29-23-13-6-3-7-14-23/h3,6-7,13-14,20-22H,2,4-5,8-12,15-19H2,1H3,(H2,28,30)(H,29,32)/t21-,22-,27+/m0/s1. The zero-order valence-electron chi connectivity index (χ0n) is 20.1. The molecule has 0 aromatic heterocycles. The van der Waals surface area contributed by atoms with E-state index < -0.39 is 5.54 Å². The highest BCUT2D eigenvalue weighted by Crippen LogP contribution is 2.40. The summed E-state index contributed by atoms with van der Waals surface area (Å²) in [5.41, 5.74) is 0.209. The van der Waals surface area contributed by atoms with Crippen molar-refractivity contribution >= 4 is 23.5 Å². The van der Waals surface area contributed by atoms with Gasteiger partial charge >= 0.3 is 0 Å². The largest absolute Gasteiger partial charge is 0.342 e. The number of amides is 2. The fourth-order valence-corrected chi connectivity index (χ4v) is 6.38. The minimum Gasteiger partial charge on any atom is -0.342 e. The van der Waals surface area contributed by atoms with Crippen molar-refractivity contribution in [3.63, 3.8) is 0 Å². The Morgan fingerprint density at radius 1 is 1.06 bits per heavy atom. The van der Waals surface area contributed by atoms with Crippen molar-refractivity contribution in [3.05, 3.63) is 30.3 Å². The number of anilines is 1. The minimum absolute atomic E-state index is 0.0623. The Balaban J connectivity index is 1.36. The lowest BCUT2D eigenvalue weighted by Crippen LogP contribution is -2.49. The van der Waals surface area contributed by atoms with Crippen LogP contribution in [0.1, 0.15) is 83.5 Å². The molecule has 1 aliphatic heterocycles. The molecular formula is C27H40N4O2.